The fourth-order valence-electron chi connectivity index (χ4n) is 7.58. The molecule has 0 radical (unpaired) electrons. The van der Waals surface area contributed by atoms with Crippen molar-refractivity contribution >= 4 is 0 Å². The van der Waals surface area contributed by atoms with E-state index in [-0.39, 0.29) is 30.8 Å². The fourth-order valence-corrected chi connectivity index (χ4v) is 7.58. The predicted molar refractivity (Wildman–Crippen MR) is 132 cm³/mol. The SMILES string of the molecule is CCCCCC1CCC(C2CCC(C3CC(F)C(C(F)(F)OC4CC(F)C(F)C(F)C4)C(F)C3)CC2)OC1. The molecule has 2 nitrogen and oxygen atoms in total. The van der Waals surface area contributed by atoms with Gasteiger partial charge < -0.3 is 9.47 Å². The van der Waals surface area contributed by atoms with Crippen LogP contribution in [0, 0.1) is 29.6 Å². The Hall–Kier alpha value is -0.570. The Labute approximate surface area is 222 Å². The first kappa shape index (κ1) is 30.4. The highest BCUT2D eigenvalue weighted by Crippen LogP contribution is 2.49. The molecule has 1 saturated heterocycles. The molecule has 0 aromatic heterocycles. The molecular weight excluding hydrogens is 513 g/mol. The monoisotopic (exact) mass is 558 g/mol. The van der Waals surface area contributed by atoms with Crippen LogP contribution >= 0.6 is 0 Å². The summed E-state index contributed by atoms with van der Waals surface area (Å²) in [7, 11) is 0. The molecule has 0 spiro atoms. The van der Waals surface area contributed by atoms with Crippen molar-refractivity contribution in [1.82, 2.24) is 0 Å². The van der Waals surface area contributed by atoms with Gasteiger partial charge in [0.05, 0.1) is 12.2 Å². The van der Waals surface area contributed by atoms with Gasteiger partial charge in [-0.3, -0.25) is 0 Å². The minimum Gasteiger partial charge on any atom is -0.378 e. The van der Waals surface area contributed by atoms with Gasteiger partial charge in [0, 0.05) is 19.4 Å². The molecule has 3 saturated carbocycles. The minimum absolute atomic E-state index is 0.0862. The van der Waals surface area contributed by atoms with Gasteiger partial charge >= 0.3 is 6.11 Å². The average molecular weight is 559 g/mol. The first-order chi connectivity index (χ1) is 18.1. The van der Waals surface area contributed by atoms with E-state index in [1.54, 1.807) is 0 Å². The van der Waals surface area contributed by atoms with Crippen LogP contribution in [0.1, 0.15) is 96.8 Å². The van der Waals surface area contributed by atoms with Crippen LogP contribution < -0.4 is 0 Å². The highest BCUT2D eigenvalue weighted by Gasteiger charge is 2.57. The predicted octanol–water partition coefficient (Wildman–Crippen LogP) is 8.66. The van der Waals surface area contributed by atoms with Crippen molar-refractivity contribution in [3.63, 3.8) is 0 Å². The van der Waals surface area contributed by atoms with Gasteiger partial charge in [0.15, 0.2) is 6.17 Å². The smallest absolute Gasteiger partial charge is 0.364 e. The average Bonchev–Trinajstić information content (AvgIpc) is 2.87. The zero-order valence-corrected chi connectivity index (χ0v) is 22.5. The summed E-state index contributed by atoms with van der Waals surface area (Å²) < 4.78 is 111. The van der Waals surface area contributed by atoms with Gasteiger partial charge in [-0.1, -0.05) is 26.2 Å². The fraction of sp³-hybridized carbons (Fsp3) is 1.00. The Kier molecular flexibility index (Phi) is 10.7. The summed E-state index contributed by atoms with van der Waals surface area (Å²) in [5.41, 5.74) is 0. The van der Waals surface area contributed by atoms with Crippen LogP contribution in [0.15, 0.2) is 0 Å². The lowest BCUT2D eigenvalue weighted by Gasteiger charge is -2.44. The van der Waals surface area contributed by atoms with E-state index >= 15 is 8.78 Å². The number of hydrogen-bond acceptors (Lipinski definition) is 2. The number of hydrogen-bond donors (Lipinski definition) is 0. The zero-order valence-electron chi connectivity index (χ0n) is 22.5. The van der Waals surface area contributed by atoms with Crippen molar-refractivity contribution in [3.05, 3.63) is 0 Å². The molecule has 0 aromatic carbocycles. The lowest BCUT2D eigenvalue weighted by Crippen LogP contribution is -2.52. The third kappa shape index (κ3) is 7.38. The van der Waals surface area contributed by atoms with Crippen molar-refractivity contribution in [2.45, 2.75) is 146 Å². The summed E-state index contributed by atoms with van der Waals surface area (Å²) in [6, 6.07) is 0. The molecule has 222 valence electrons. The van der Waals surface area contributed by atoms with Crippen LogP contribution in [0.5, 0.6) is 0 Å². The van der Waals surface area contributed by atoms with E-state index in [0.717, 1.165) is 38.7 Å². The van der Waals surface area contributed by atoms with Gasteiger partial charge in [-0.25, -0.2) is 22.0 Å². The Morgan fingerprint density at radius 3 is 1.87 bits per heavy atom. The van der Waals surface area contributed by atoms with Crippen LogP contribution in [-0.4, -0.2) is 55.8 Å². The van der Waals surface area contributed by atoms with Crippen LogP contribution in [0.2, 0.25) is 0 Å². The van der Waals surface area contributed by atoms with E-state index in [1.165, 1.54) is 32.1 Å². The van der Waals surface area contributed by atoms with Gasteiger partial charge in [0.2, 0.25) is 0 Å². The first-order valence-electron chi connectivity index (χ1n) is 15.0. The molecule has 38 heavy (non-hydrogen) atoms. The molecule has 0 bridgehead atoms. The van der Waals surface area contributed by atoms with Crippen molar-refractivity contribution < 1.29 is 40.2 Å². The Morgan fingerprint density at radius 1 is 0.711 bits per heavy atom. The Morgan fingerprint density at radius 2 is 1.32 bits per heavy atom. The second-order valence-corrected chi connectivity index (χ2v) is 12.5. The lowest BCUT2D eigenvalue weighted by molar-refractivity contribution is -0.323. The summed E-state index contributed by atoms with van der Waals surface area (Å²) in [5, 5.41) is 0. The van der Waals surface area contributed by atoms with Crippen molar-refractivity contribution in [2.75, 3.05) is 6.61 Å². The molecule has 6 unspecified atom stereocenters. The molecule has 0 aromatic rings. The number of ether oxygens (including phenoxy) is 2. The van der Waals surface area contributed by atoms with Crippen molar-refractivity contribution in [1.29, 1.82) is 0 Å². The molecular formula is C29H45F7O2. The van der Waals surface area contributed by atoms with Gasteiger partial charge in [0.1, 0.15) is 30.6 Å². The molecule has 0 N–H and O–H groups in total. The van der Waals surface area contributed by atoms with E-state index in [1.807, 2.05) is 0 Å². The lowest BCUT2D eigenvalue weighted by atomic mass is 9.67. The molecule has 4 fully saturated rings. The van der Waals surface area contributed by atoms with Crippen LogP contribution in [0.3, 0.4) is 0 Å². The summed E-state index contributed by atoms with van der Waals surface area (Å²) in [6.45, 7) is 3.02. The van der Waals surface area contributed by atoms with Crippen LogP contribution in [0.4, 0.5) is 30.7 Å². The first-order valence-corrected chi connectivity index (χ1v) is 15.0. The Bertz CT molecular complexity index is 687. The summed E-state index contributed by atoms with van der Waals surface area (Å²) in [5.74, 6) is -1.48. The number of unbranched alkanes of at least 4 members (excludes halogenated alkanes) is 2. The third-order valence-electron chi connectivity index (χ3n) is 9.84. The van der Waals surface area contributed by atoms with Crippen LogP contribution in [-0.2, 0) is 9.47 Å². The standard InChI is InChI=1S/C29H45F7O2/c1-2-3-4-5-17-6-11-26(37-16-17)19-9-7-18(8-10-19)20-12-22(30)27(23(31)13-20)29(35,36)38-21-14-24(32)28(34)25(33)15-21/h17-28H,2-16H2,1H3. The normalized spacial score (nSPS) is 45.2. The molecule has 1 aliphatic heterocycles. The van der Waals surface area contributed by atoms with Gasteiger partial charge in [-0.05, 0) is 81.5 Å². The van der Waals surface area contributed by atoms with E-state index in [2.05, 4.69) is 11.7 Å². The Balaban J connectivity index is 1.23. The highest BCUT2D eigenvalue weighted by atomic mass is 19.3. The maximum atomic E-state index is 15.1. The maximum Gasteiger partial charge on any atom is 0.364 e. The van der Waals surface area contributed by atoms with Crippen molar-refractivity contribution in [2.24, 2.45) is 29.6 Å². The second-order valence-electron chi connectivity index (χ2n) is 12.5. The van der Waals surface area contributed by atoms with Crippen molar-refractivity contribution in [3.8, 4) is 0 Å². The molecule has 0 amide bonds. The van der Waals surface area contributed by atoms with E-state index in [4.69, 9.17) is 4.74 Å². The summed E-state index contributed by atoms with van der Waals surface area (Å²) >= 11 is 0. The molecule has 4 aliphatic rings. The number of alkyl halides is 7. The van der Waals surface area contributed by atoms with Gasteiger partial charge in [0.25, 0.3) is 0 Å². The molecule has 1 heterocycles. The highest BCUT2D eigenvalue weighted by molar-refractivity contribution is 4.96. The molecule has 9 heteroatoms. The third-order valence-corrected chi connectivity index (χ3v) is 9.84. The molecule has 4 rings (SSSR count). The van der Waals surface area contributed by atoms with Gasteiger partial charge in [-0.15, -0.1) is 0 Å². The van der Waals surface area contributed by atoms with E-state index in [9.17, 15) is 22.0 Å². The second kappa shape index (κ2) is 13.4. The zero-order chi connectivity index (χ0) is 27.4. The number of rotatable bonds is 9. The summed E-state index contributed by atoms with van der Waals surface area (Å²) in [6.07, 6.45) is -7.98. The topological polar surface area (TPSA) is 18.5 Å². The van der Waals surface area contributed by atoms with Gasteiger partial charge in [-0.2, -0.15) is 8.78 Å². The maximum absolute atomic E-state index is 15.1. The minimum atomic E-state index is -4.22. The largest absolute Gasteiger partial charge is 0.378 e. The van der Waals surface area contributed by atoms with E-state index < -0.39 is 61.8 Å². The summed E-state index contributed by atoms with van der Waals surface area (Å²) in [4.78, 5) is 0. The van der Waals surface area contributed by atoms with Crippen LogP contribution in [0.25, 0.3) is 0 Å². The quantitative estimate of drug-likeness (QED) is 0.208. The molecule has 6 atom stereocenters. The molecule has 3 aliphatic carbocycles. The number of halogens is 7. The van der Waals surface area contributed by atoms with E-state index in [0.29, 0.717) is 11.8 Å².